The van der Waals surface area contributed by atoms with Gasteiger partial charge in [0.2, 0.25) is 0 Å². The lowest BCUT2D eigenvalue weighted by molar-refractivity contribution is -0.388. The molecule has 0 fully saturated rings. The van der Waals surface area contributed by atoms with Gasteiger partial charge in [-0.3, -0.25) is 10.1 Å². The Morgan fingerprint density at radius 1 is 1.20 bits per heavy atom. The number of hydrogen-bond donors (Lipinski definition) is 0. The summed E-state index contributed by atoms with van der Waals surface area (Å²) in [4.78, 5) is 15.6. The Hall–Kier alpha value is -1.59. The number of rotatable bonds is 3. The smallest absolute Gasteiger partial charge is 0.258 e. The molecule has 1 aromatic heterocycles. The first kappa shape index (κ1) is 13.4. The van der Waals surface area contributed by atoms with Crippen molar-refractivity contribution in [1.82, 2.24) is 4.98 Å². The Balaban J connectivity index is 1.95. The summed E-state index contributed by atoms with van der Waals surface area (Å²) in [5.74, 6) is 0. The average Bonchev–Trinajstić information content (AvgIpc) is 2.85. The number of fused-ring (bicyclic) bond motifs is 1. The zero-order chi connectivity index (χ0) is 14.1. The summed E-state index contributed by atoms with van der Waals surface area (Å²) in [6.07, 6.45) is 3.38. The van der Waals surface area contributed by atoms with Crippen LogP contribution in [0, 0.1) is 10.1 Å². The van der Waals surface area contributed by atoms with E-state index >= 15 is 0 Å². The van der Waals surface area contributed by atoms with E-state index in [1.54, 1.807) is 0 Å². The van der Waals surface area contributed by atoms with Gasteiger partial charge in [-0.2, -0.15) is 0 Å². The van der Waals surface area contributed by atoms with Gasteiger partial charge < -0.3 is 0 Å². The van der Waals surface area contributed by atoms with Crippen LogP contribution in [0.3, 0.4) is 0 Å². The van der Waals surface area contributed by atoms with E-state index in [0.29, 0.717) is 5.03 Å². The van der Waals surface area contributed by atoms with Gasteiger partial charge >= 0.3 is 5.69 Å². The Kier molecular flexibility index (Phi) is 3.63. The fourth-order valence-corrected chi connectivity index (χ4v) is 3.50. The Morgan fingerprint density at radius 3 is 2.80 bits per heavy atom. The molecule has 6 heteroatoms. The number of hydrogen-bond acceptors (Lipinski definition) is 4. The van der Waals surface area contributed by atoms with Crippen molar-refractivity contribution >= 4 is 29.1 Å². The van der Waals surface area contributed by atoms with Crippen molar-refractivity contribution in [2.75, 3.05) is 0 Å². The lowest BCUT2D eigenvalue weighted by Gasteiger charge is -2.05. The van der Waals surface area contributed by atoms with Gasteiger partial charge in [-0.15, -0.1) is 0 Å². The van der Waals surface area contributed by atoms with Crippen LogP contribution in [-0.2, 0) is 12.8 Å². The summed E-state index contributed by atoms with van der Waals surface area (Å²) >= 11 is 7.12. The van der Waals surface area contributed by atoms with Crippen LogP contribution in [0.5, 0.6) is 0 Å². The van der Waals surface area contributed by atoms with Crippen LogP contribution in [0.4, 0.5) is 5.69 Å². The lowest BCUT2D eigenvalue weighted by atomic mass is 10.1. The molecule has 0 saturated heterocycles. The van der Waals surface area contributed by atoms with E-state index in [2.05, 4.69) is 17.1 Å². The summed E-state index contributed by atoms with van der Waals surface area (Å²) in [6.45, 7) is 0. The molecular weight excluding hydrogens is 296 g/mol. The minimum atomic E-state index is -0.432. The molecule has 0 aliphatic heterocycles. The molecule has 0 spiro atoms. The number of aryl methyl sites for hydroxylation is 2. The van der Waals surface area contributed by atoms with Crippen molar-refractivity contribution in [2.45, 2.75) is 29.2 Å². The van der Waals surface area contributed by atoms with Crippen LogP contribution in [0.15, 0.2) is 40.3 Å². The molecule has 0 radical (unpaired) electrons. The molecule has 0 N–H and O–H groups in total. The summed E-state index contributed by atoms with van der Waals surface area (Å²) in [5, 5.41) is 11.6. The van der Waals surface area contributed by atoms with Crippen LogP contribution in [0.25, 0.3) is 0 Å². The SMILES string of the molecule is O=[N+]([O-])c1ccc(Cl)nc1Sc1ccc2c(c1)CCC2. The fraction of sp³-hybridized carbons (Fsp3) is 0.214. The molecule has 1 aliphatic rings. The first-order chi connectivity index (χ1) is 9.63. The molecule has 0 saturated carbocycles. The molecule has 102 valence electrons. The van der Waals surface area contributed by atoms with Crippen molar-refractivity contribution < 1.29 is 4.92 Å². The first-order valence-electron chi connectivity index (χ1n) is 6.24. The number of nitrogens with zero attached hydrogens (tertiary/aromatic N) is 2. The maximum atomic E-state index is 11.0. The highest BCUT2D eigenvalue weighted by Gasteiger charge is 2.18. The molecule has 4 nitrogen and oxygen atoms in total. The Bertz CT molecular complexity index is 691. The van der Waals surface area contributed by atoms with Gasteiger partial charge in [-0.1, -0.05) is 29.4 Å². The van der Waals surface area contributed by atoms with E-state index in [9.17, 15) is 10.1 Å². The van der Waals surface area contributed by atoms with Gasteiger partial charge in [-0.05, 0) is 48.6 Å². The monoisotopic (exact) mass is 306 g/mol. The number of aromatic nitrogens is 1. The summed E-state index contributed by atoms with van der Waals surface area (Å²) in [7, 11) is 0. The van der Waals surface area contributed by atoms with Crippen molar-refractivity contribution in [3.05, 3.63) is 56.7 Å². The summed E-state index contributed by atoms with van der Waals surface area (Å²) < 4.78 is 0. The van der Waals surface area contributed by atoms with Crippen LogP contribution in [0.1, 0.15) is 17.5 Å². The van der Waals surface area contributed by atoms with E-state index in [-0.39, 0.29) is 10.8 Å². The molecule has 0 amide bonds. The van der Waals surface area contributed by atoms with Crippen molar-refractivity contribution in [1.29, 1.82) is 0 Å². The van der Waals surface area contributed by atoms with Crippen molar-refractivity contribution in [2.24, 2.45) is 0 Å². The third kappa shape index (κ3) is 2.64. The lowest BCUT2D eigenvalue weighted by Crippen LogP contribution is -1.93. The maximum absolute atomic E-state index is 11.0. The predicted octanol–water partition coefficient (Wildman–Crippen LogP) is 4.28. The molecule has 20 heavy (non-hydrogen) atoms. The van der Waals surface area contributed by atoms with E-state index in [1.807, 2.05) is 6.07 Å². The molecule has 0 atom stereocenters. The molecule has 2 aromatic rings. The normalized spacial score (nSPS) is 13.2. The number of pyridine rings is 1. The standard InChI is InChI=1S/C14H11ClN2O2S/c15-13-7-6-12(17(18)19)14(16-13)20-11-5-4-9-2-1-3-10(9)8-11/h4-8H,1-3H2. The second kappa shape index (κ2) is 5.42. The van der Waals surface area contributed by atoms with E-state index < -0.39 is 4.92 Å². The largest absolute Gasteiger partial charge is 0.301 e. The molecule has 0 bridgehead atoms. The first-order valence-corrected chi connectivity index (χ1v) is 7.43. The number of nitro groups is 1. The van der Waals surface area contributed by atoms with Crippen LogP contribution < -0.4 is 0 Å². The minimum absolute atomic E-state index is 0.0140. The van der Waals surface area contributed by atoms with Gasteiger partial charge in [0, 0.05) is 11.0 Å². The third-order valence-electron chi connectivity index (χ3n) is 3.29. The van der Waals surface area contributed by atoms with Crippen LogP contribution in [0.2, 0.25) is 5.15 Å². The molecule has 1 aromatic carbocycles. The molecular formula is C14H11ClN2O2S. The van der Waals surface area contributed by atoms with E-state index in [4.69, 9.17) is 11.6 Å². The fourth-order valence-electron chi connectivity index (χ4n) is 2.35. The molecule has 1 heterocycles. The van der Waals surface area contributed by atoms with Crippen LogP contribution >= 0.6 is 23.4 Å². The number of benzene rings is 1. The topological polar surface area (TPSA) is 56.0 Å². The van der Waals surface area contributed by atoms with Gasteiger partial charge in [0.15, 0.2) is 5.03 Å². The van der Waals surface area contributed by atoms with Gasteiger partial charge in [-0.25, -0.2) is 4.98 Å². The highest BCUT2D eigenvalue weighted by Crippen LogP contribution is 2.36. The molecule has 3 rings (SSSR count). The molecule has 0 unspecified atom stereocenters. The highest BCUT2D eigenvalue weighted by molar-refractivity contribution is 7.99. The van der Waals surface area contributed by atoms with Gasteiger partial charge in [0.1, 0.15) is 5.15 Å². The zero-order valence-electron chi connectivity index (χ0n) is 10.5. The van der Waals surface area contributed by atoms with Gasteiger partial charge in [0.05, 0.1) is 4.92 Å². The quantitative estimate of drug-likeness (QED) is 0.482. The van der Waals surface area contributed by atoms with Crippen molar-refractivity contribution in [3.8, 4) is 0 Å². The Labute approximate surface area is 125 Å². The van der Waals surface area contributed by atoms with Crippen molar-refractivity contribution in [3.63, 3.8) is 0 Å². The second-order valence-electron chi connectivity index (χ2n) is 4.60. The number of halogens is 1. The highest BCUT2D eigenvalue weighted by atomic mass is 35.5. The second-order valence-corrected chi connectivity index (χ2v) is 6.05. The van der Waals surface area contributed by atoms with E-state index in [0.717, 1.165) is 17.7 Å². The zero-order valence-corrected chi connectivity index (χ0v) is 12.1. The average molecular weight is 307 g/mol. The van der Waals surface area contributed by atoms with Gasteiger partial charge in [0.25, 0.3) is 0 Å². The summed E-state index contributed by atoms with van der Waals surface area (Å²) in [5.41, 5.74) is 2.70. The summed E-state index contributed by atoms with van der Waals surface area (Å²) in [6, 6.07) is 9.01. The molecule has 1 aliphatic carbocycles. The Morgan fingerprint density at radius 2 is 2.00 bits per heavy atom. The van der Waals surface area contributed by atoms with E-state index in [1.165, 1.54) is 41.4 Å². The predicted molar refractivity (Wildman–Crippen MR) is 78.5 cm³/mol. The third-order valence-corrected chi connectivity index (χ3v) is 4.48. The van der Waals surface area contributed by atoms with Crippen LogP contribution in [-0.4, -0.2) is 9.91 Å². The maximum Gasteiger partial charge on any atom is 0.301 e. The minimum Gasteiger partial charge on any atom is -0.258 e.